The summed E-state index contributed by atoms with van der Waals surface area (Å²) in [6.07, 6.45) is 5.71. The molecule has 3 N–H and O–H groups in total. The van der Waals surface area contributed by atoms with Crippen LogP contribution in [0.4, 0.5) is 0 Å². The zero-order valence-electron chi connectivity index (χ0n) is 15.3. The van der Waals surface area contributed by atoms with E-state index in [1.165, 1.54) is 5.56 Å². The highest BCUT2D eigenvalue weighted by molar-refractivity contribution is 5.77. The Morgan fingerprint density at radius 2 is 2.08 bits per heavy atom. The SMILES string of the molecule is CCCCCC(=O)NCc1cccc(CN2CCCC(C(N)=O)C2)c1. The molecule has 1 aromatic carbocycles. The highest BCUT2D eigenvalue weighted by Crippen LogP contribution is 2.18. The summed E-state index contributed by atoms with van der Waals surface area (Å²) in [5.41, 5.74) is 7.78. The summed E-state index contributed by atoms with van der Waals surface area (Å²) < 4.78 is 0. The Morgan fingerprint density at radius 1 is 1.28 bits per heavy atom. The van der Waals surface area contributed by atoms with E-state index >= 15 is 0 Å². The minimum atomic E-state index is -0.191. The molecule has 25 heavy (non-hydrogen) atoms. The van der Waals surface area contributed by atoms with Crippen molar-refractivity contribution in [3.05, 3.63) is 35.4 Å². The first kappa shape index (κ1) is 19.4. The van der Waals surface area contributed by atoms with Gasteiger partial charge < -0.3 is 11.1 Å². The number of amides is 2. The van der Waals surface area contributed by atoms with Crippen LogP contribution in [0, 0.1) is 5.92 Å². The fourth-order valence-electron chi connectivity index (χ4n) is 3.35. The Balaban J connectivity index is 1.82. The number of likely N-dealkylation sites (tertiary alicyclic amines) is 1. The number of rotatable bonds is 9. The molecule has 0 aliphatic carbocycles. The predicted molar refractivity (Wildman–Crippen MR) is 99.6 cm³/mol. The Bertz CT molecular complexity index is 574. The van der Waals surface area contributed by atoms with Crippen molar-refractivity contribution < 1.29 is 9.59 Å². The van der Waals surface area contributed by atoms with Crippen LogP contribution in [0.2, 0.25) is 0 Å². The minimum absolute atomic E-state index is 0.0284. The standard InChI is InChI=1S/C20H31N3O2/c1-2-3-4-10-19(24)22-13-16-7-5-8-17(12-16)14-23-11-6-9-18(15-23)20(21)25/h5,7-8,12,18H,2-4,6,9-11,13-15H2,1H3,(H2,21,25)(H,22,24). The second kappa shape index (κ2) is 10.2. The van der Waals surface area contributed by atoms with Crippen molar-refractivity contribution in [3.63, 3.8) is 0 Å². The van der Waals surface area contributed by atoms with E-state index in [1.54, 1.807) is 0 Å². The molecule has 1 aliphatic rings. The molecule has 1 aliphatic heterocycles. The molecule has 0 aromatic heterocycles. The number of primary amides is 1. The van der Waals surface area contributed by atoms with Crippen LogP contribution in [0.15, 0.2) is 24.3 Å². The van der Waals surface area contributed by atoms with Gasteiger partial charge in [0.05, 0.1) is 5.92 Å². The van der Waals surface area contributed by atoms with Crippen LogP contribution < -0.4 is 11.1 Å². The number of hydrogen-bond donors (Lipinski definition) is 2. The highest BCUT2D eigenvalue weighted by Gasteiger charge is 2.23. The van der Waals surface area contributed by atoms with Crippen LogP contribution in [0.5, 0.6) is 0 Å². The third kappa shape index (κ3) is 6.86. The molecule has 1 aromatic rings. The lowest BCUT2D eigenvalue weighted by Gasteiger charge is -2.31. The number of nitrogens with two attached hydrogens (primary N) is 1. The van der Waals surface area contributed by atoms with Gasteiger partial charge in [0.1, 0.15) is 0 Å². The van der Waals surface area contributed by atoms with Crippen LogP contribution in [0.1, 0.15) is 56.6 Å². The second-order valence-corrected chi connectivity index (χ2v) is 7.03. The zero-order chi connectivity index (χ0) is 18.1. The maximum Gasteiger partial charge on any atom is 0.221 e. The maximum absolute atomic E-state index is 11.8. The van der Waals surface area contributed by atoms with Gasteiger partial charge in [-0.05, 0) is 36.9 Å². The molecular weight excluding hydrogens is 314 g/mol. The first-order valence-corrected chi connectivity index (χ1v) is 9.44. The van der Waals surface area contributed by atoms with Gasteiger partial charge in [-0.2, -0.15) is 0 Å². The van der Waals surface area contributed by atoms with E-state index in [9.17, 15) is 9.59 Å². The summed E-state index contributed by atoms with van der Waals surface area (Å²) in [5, 5.41) is 3.00. The summed E-state index contributed by atoms with van der Waals surface area (Å²) in [6.45, 7) is 5.28. The van der Waals surface area contributed by atoms with Crippen LogP contribution in [0.25, 0.3) is 0 Å². The second-order valence-electron chi connectivity index (χ2n) is 7.03. The summed E-state index contributed by atoms with van der Waals surface area (Å²) in [5.74, 6) is -0.0947. The van der Waals surface area contributed by atoms with Crippen LogP contribution in [0.3, 0.4) is 0 Å². The molecule has 0 saturated carbocycles. The monoisotopic (exact) mass is 345 g/mol. The van der Waals surface area contributed by atoms with Crippen molar-refractivity contribution in [2.45, 2.75) is 58.5 Å². The Morgan fingerprint density at radius 3 is 2.84 bits per heavy atom. The first-order chi connectivity index (χ1) is 12.1. The van der Waals surface area contributed by atoms with Gasteiger partial charge in [-0.3, -0.25) is 14.5 Å². The summed E-state index contributed by atoms with van der Waals surface area (Å²) in [7, 11) is 0. The largest absolute Gasteiger partial charge is 0.369 e. The minimum Gasteiger partial charge on any atom is -0.369 e. The lowest BCUT2D eigenvalue weighted by molar-refractivity contribution is -0.123. The Labute approximate surface area is 151 Å². The molecule has 0 radical (unpaired) electrons. The lowest BCUT2D eigenvalue weighted by Crippen LogP contribution is -2.40. The van der Waals surface area contributed by atoms with Gasteiger partial charge in [-0.15, -0.1) is 0 Å². The number of nitrogens with zero attached hydrogens (tertiary/aromatic N) is 1. The topological polar surface area (TPSA) is 75.4 Å². The third-order valence-electron chi connectivity index (χ3n) is 4.80. The summed E-state index contributed by atoms with van der Waals surface area (Å²) in [6, 6.07) is 8.31. The van der Waals surface area contributed by atoms with Crippen molar-refractivity contribution in [1.29, 1.82) is 0 Å². The fraction of sp³-hybridized carbons (Fsp3) is 0.600. The zero-order valence-corrected chi connectivity index (χ0v) is 15.3. The Kier molecular flexibility index (Phi) is 7.92. The van der Waals surface area contributed by atoms with Gasteiger partial charge in [0.2, 0.25) is 11.8 Å². The van der Waals surface area contributed by atoms with E-state index in [4.69, 9.17) is 5.73 Å². The van der Waals surface area contributed by atoms with E-state index < -0.39 is 0 Å². The first-order valence-electron chi connectivity index (χ1n) is 9.44. The van der Waals surface area contributed by atoms with Crippen molar-refractivity contribution in [3.8, 4) is 0 Å². The molecule has 0 spiro atoms. The van der Waals surface area contributed by atoms with Crippen molar-refractivity contribution in [2.24, 2.45) is 11.7 Å². The van der Waals surface area contributed by atoms with E-state index in [0.29, 0.717) is 13.0 Å². The Hall–Kier alpha value is -1.88. The molecular formula is C20H31N3O2. The van der Waals surface area contributed by atoms with Crippen molar-refractivity contribution in [2.75, 3.05) is 13.1 Å². The smallest absolute Gasteiger partial charge is 0.221 e. The number of carbonyl (C=O) groups is 2. The van der Waals surface area contributed by atoms with Gasteiger partial charge in [0.25, 0.3) is 0 Å². The molecule has 1 unspecified atom stereocenters. The molecule has 5 nitrogen and oxygen atoms in total. The van der Waals surface area contributed by atoms with Gasteiger partial charge >= 0.3 is 0 Å². The molecule has 2 amide bonds. The number of benzene rings is 1. The van der Waals surface area contributed by atoms with Gasteiger partial charge in [-0.1, -0.05) is 44.0 Å². The van der Waals surface area contributed by atoms with Crippen LogP contribution in [-0.4, -0.2) is 29.8 Å². The van der Waals surface area contributed by atoms with E-state index in [1.807, 2.05) is 12.1 Å². The summed E-state index contributed by atoms with van der Waals surface area (Å²) >= 11 is 0. The summed E-state index contributed by atoms with van der Waals surface area (Å²) in [4.78, 5) is 25.5. The van der Waals surface area contributed by atoms with E-state index in [0.717, 1.165) is 57.3 Å². The van der Waals surface area contributed by atoms with Crippen molar-refractivity contribution >= 4 is 11.8 Å². The quantitative estimate of drug-likeness (QED) is 0.676. The highest BCUT2D eigenvalue weighted by atomic mass is 16.2. The van der Waals surface area contributed by atoms with Crippen LogP contribution >= 0.6 is 0 Å². The van der Waals surface area contributed by atoms with Crippen molar-refractivity contribution in [1.82, 2.24) is 10.2 Å². The number of hydrogen-bond acceptors (Lipinski definition) is 3. The number of carbonyl (C=O) groups excluding carboxylic acids is 2. The lowest BCUT2D eigenvalue weighted by atomic mass is 9.97. The van der Waals surface area contributed by atoms with Gasteiger partial charge in [-0.25, -0.2) is 0 Å². The number of piperidine rings is 1. The molecule has 1 atom stereocenters. The normalized spacial score (nSPS) is 18.0. The molecule has 138 valence electrons. The molecule has 5 heteroatoms. The molecule has 1 heterocycles. The maximum atomic E-state index is 11.8. The number of unbranched alkanes of at least 4 members (excludes halogenated alkanes) is 2. The molecule has 0 bridgehead atoms. The van der Waals surface area contributed by atoms with Crippen LogP contribution in [-0.2, 0) is 22.7 Å². The average Bonchev–Trinajstić information content (AvgIpc) is 2.61. The number of nitrogens with one attached hydrogen (secondary N) is 1. The molecule has 2 rings (SSSR count). The van der Waals surface area contributed by atoms with E-state index in [2.05, 4.69) is 29.3 Å². The van der Waals surface area contributed by atoms with E-state index in [-0.39, 0.29) is 17.7 Å². The predicted octanol–water partition coefficient (Wildman–Crippen LogP) is 2.58. The third-order valence-corrected chi connectivity index (χ3v) is 4.80. The molecule has 1 fully saturated rings. The average molecular weight is 345 g/mol. The molecule has 1 saturated heterocycles. The fourth-order valence-corrected chi connectivity index (χ4v) is 3.35. The van der Waals surface area contributed by atoms with Gasteiger partial charge in [0, 0.05) is 26.1 Å². The van der Waals surface area contributed by atoms with Gasteiger partial charge in [0.15, 0.2) is 0 Å².